The first kappa shape index (κ1) is 16.1. The molecule has 1 aromatic carbocycles. The molecule has 21 heavy (non-hydrogen) atoms. The predicted octanol–water partition coefficient (Wildman–Crippen LogP) is 1.98. The van der Waals surface area contributed by atoms with E-state index in [9.17, 15) is 4.79 Å². The number of hydrogen-bond acceptors (Lipinski definition) is 3. The van der Waals surface area contributed by atoms with Crippen molar-refractivity contribution >= 4 is 18.3 Å². The Morgan fingerprint density at radius 2 is 1.95 bits per heavy atom. The summed E-state index contributed by atoms with van der Waals surface area (Å²) in [5.74, 6) is 2.03. The minimum Gasteiger partial charge on any atom is -0.492 e. The highest BCUT2D eigenvalue weighted by Gasteiger charge is 2.48. The summed E-state index contributed by atoms with van der Waals surface area (Å²) < 4.78 is 5.56. The number of carbonyl (C=O) groups excluding carboxylic acids is 1. The Morgan fingerprint density at radius 1 is 1.24 bits per heavy atom. The first-order valence-electron chi connectivity index (χ1n) is 7.47. The zero-order valence-corrected chi connectivity index (χ0v) is 12.9. The second-order valence-electron chi connectivity index (χ2n) is 5.89. The van der Waals surface area contributed by atoms with Crippen LogP contribution >= 0.6 is 12.4 Å². The van der Waals surface area contributed by atoms with Crippen LogP contribution in [0.5, 0.6) is 5.75 Å². The Kier molecular flexibility index (Phi) is 5.48. The normalized spacial score (nSPS) is 29.8. The third-order valence-electron chi connectivity index (χ3n) is 4.70. The van der Waals surface area contributed by atoms with Crippen LogP contribution in [0.2, 0.25) is 0 Å². The fraction of sp³-hybridized carbons (Fsp3) is 0.562. The SMILES string of the molecule is Cl.NC1C2CCC(C2)C1C(=O)NCCOc1ccccc1. The van der Waals surface area contributed by atoms with Crippen LogP contribution in [-0.2, 0) is 4.79 Å². The summed E-state index contributed by atoms with van der Waals surface area (Å²) >= 11 is 0. The summed E-state index contributed by atoms with van der Waals surface area (Å²) in [6, 6.07) is 9.69. The maximum atomic E-state index is 12.2. The average molecular weight is 311 g/mol. The maximum absolute atomic E-state index is 12.2. The van der Waals surface area contributed by atoms with E-state index in [0.717, 1.165) is 18.6 Å². The molecular weight excluding hydrogens is 288 g/mol. The van der Waals surface area contributed by atoms with E-state index in [4.69, 9.17) is 10.5 Å². The van der Waals surface area contributed by atoms with Gasteiger partial charge in [0, 0.05) is 6.04 Å². The van der Waals surface area contributed by atoms with Gasteiger partial charge in [0.2, 0.25) is 5.91 Å². The smallest absolute Gasteiger partial charge is 0.225 e. The van der Waals surface area contributed by atoms with Gasteiger partial charge in [-0.05, 0) is 43.2 Å². The zero-order valence-electron chi connectivity index (χ0n) is 12.0. The van der Waals surface area contributed by atoms with Crippen molar-refractivity contribution in [2.24, 2.45) is 23.5 Å². The Bertz CT molecular complexity index is 467. The van der Waals surface area contributed by atoms with Crippen LogP contribution in [0.3, 0.4) is 0 Å². The number of halogens is 1. The van der Waals surface area contributed by atoms with E-state index in [1.54, 1.807) is 0 Å². The number of nitrogens with one attached hydrogen (secondary N) is 1. The predicted molar refractivity (Wildman–Crippen MR) is 84.5 cm³/mol. The van der Waals surface area contributed by atoms with Crippen LogP contribution in [0.15, 0.2) is 30.3 Å². The van der Waals surface area contributed by atoms with E-state index >= 15 is 0 Å². The molecule has 1 aromatic rings. The summed E-state index contributed by atoms with van der Waals surface area (Å²) in [5, 5.41) is 2.97. The van der Waals surface area contributed by atoms with Crippen molar-refractivity contribution in [3.63, 3.8) is 0 Å². The quantitative estimate of drug-likeness (QED) is 0.817. The number of hydrogen-bond donors (Lipinski definition) is 2. The number of carbonyl (C=O) groups is 1. The maximum Gasteiger partial charge on any atom is 0.225 e. The Hall–Kier alpha value is -1.26. The second-order valence-corrected chi connectivity index (χ2v) is 5.89. The molecule has 3 rings (SSSR count). The van der Waals surface area contributed by atoms with Gasteiger partial charge >= 0.3 is 0 Å². The van der Waals surface area contributed by atoms with Gasteiger partial charge in [-0.3, -0.25) is 4.79 Å². The number of amides is 1. The van der Waals surface area contributed by atoms with Gasteiger partial charge in [-0.1, -0.05) is 18.2 Å². The first-order chi connectivity index (χ1) is 9.75. The first-order valence-corrected chi connectivity index (χ1v) is 7.47. The van der Waals surface area contributed by atoms with E-state index in [2.05, 4.69) is 5.32 Å². The molecule has 116 valence electrons. The van der Waals surface area contributed by atoms with Crippen LogP contribution in [-0.4, -0.2) is 25.1 Å². The number of para-hydroxylation sites is 1. The van der Waals surface area contributed by atoms with Gasteiger partial charge in [0.25, 0.3) is 0 Å². The molecule has 0 aromatic heterocycles. The molecule has 2 bridgehead atoms. The molecule has 0 aliphatic heterocycles. The zero-order chi connectivity index (χ0) is 13.9. The molecule has 2 aliphatic rings. The minimum atomic E-state index is 0. The molecule has 4 atom stereocenters. The topological polar surface area (TPSA) is 64.4 Å². The molecule has 0 saturated heterocycles. The molecule has 3 N–H and O–H groups in total. The molecule has 2 saturated carbocycles. The second kappa shape index (κ2) is 7.14. The van der Waals surface area contributed by atoms with Gasteiger partial charge in [0.1, 0.15) is 12.4 Å². The van der Waals surface area contributed by atoms with Crippen LogP contribution in [0.25, 0.3) is 0 Å². The van der Waals surface area contributed by atoms with Crippen LogP contribution < -0.4 is 15.8 Å². The van der Waals surface area contributed by atoms with Gasteiger partial charge in [-0.15, -0.1) is 12.4 Å². The highest BCUT2D eigenvalue weighted by atomic mass is 35.5. The average Bonchev–Trinajstić information content (AvgIpc) is 3.05. The van der Waals surface area contributed by atoms with E-state index < -0.39 is 0 Å². The molecule has 0 spiro atoms. The van der Waals surface area contributed by atoms with Crippen molar-refractivity contribution in [1.82, 2.24) is 5.32 Å². The standard InChI is InChI=1S/C16H22N2O2.ClH/c17-15-12-7-6-11(10-12)14(15)16(19)18-8-9-20-13-4-2-1-3-5-13;/h1-5,11-12,14-15H,6-10,17H2,(H,18,19);1H. The lowest BCUT2D eigenvalue weighted by molar-refractivity contribution is -0.127. The van der Waals surface area contributed by atoms with Gasteiger partial charge in [-0.25, -0.2) is 0 Å². The molecule has 4 nitrogen and oxygen atoms in total. The molecule has 4 unspecified atom stereocenters. The fourth-order valence-electron chi connectivity index (χ4n) is 3.70. The Balaban J connectivity index is 0.00000161. The highest BCUT2D eigenvalue weighted by molar-refractivity contribution is 5.85. The van der Waals surface area contributed by atoms with Crippen molar-refractivity contribution in [1.29, 1.82) is 0 Å². The summed E-state index contributed by atoms with van der Waals surface area (Å²) in [5.41, 5.74) is 6.17. The number of fused-ring (bicyclic) bond motifs is 2. The van der Waals surface area contributed by atoms with Crippen molar-refractivity contribution in [2.45, 2.75) is 25.3 Å². The Morgan fingerprint density at radius 3 is 2.62 bits per heavy atom. The molecule has 2 fully saturated rings. The van der Waals surface area contributed by atoms with Crippen LogP contribution in [0.4, 0.5) is 0 Å². The van der Waals surface area contributed by atoms with Gasteiger partial charge in [-0.2, -0.15) is 0 Å². The van der Waals surface area contributed by atoms with E-state index in [-0.39, 0.29) is 30.3 Å². The van der Waals surface area contributed by atoms with Crippen molar-refractivity contribution in [2.75, 3.05) is 13.2 Å². The lowest BCUT2D eigenvalue weighted by Gasteiger charge is -2.26. The van der Waals surface area contributed by atoms with Gasteiger partial charge < -0.3 is 15.8 Å². The van der Waals surface area contributed by atoms with E-state index in [1.165, 1.54) is 6.42 Å². The Labute approximate surface area is 131 Å². The van der Waals surface area contributed by atoms with E-state index in [1.807, 2.05) is 30.3 Å². The minimum absolute atomic E-state index is 0. The lowest BCUT2D eigenvalue weighted by atomic mass is 9.84. The largest absolute Gasteiger partial charge is 0.492 e. The summed E-state index contributed by atoms with van der Waals surface area (Å²) in [4.78, 5) is 12.2. The number of rotatable bonds is 5. The summed E-state index contributed by atoms with van der Waals surface area (Å²) in [6.45, 7) is 1.03. The van der Waals surface area contributed by atoms with Crippen LogP contribution in [0, 0.1) is 17.8 Å². The highest BCUT2D eigenvalue weighted by Crippen LogP contribution is 2.47. The molecular formula is C16H23ClN2O2. The fourth-order valence-corrected chi connectivity index (χ4v) is 3.70. The monoisotopic (exact) mass is 310 g/mol. The van der Waals surface area contributed by atoms with Gasteiger partial charge in [0.05, 0.1) is 12.5 Å². The molecule has 1 amide bonds. The number of benzene rings is 1. The summed E-state index contributed by atoms with van der Waals surface area (Å²) in [6.07, 6.45) is 3.50. The number of ether oxygens (including phenoxy) is 1. The third kappa shape index (κ3) is 3.50. The lowest BCUT2D eigenvalue weighted by Crippen LogP contribution is -2.46. The molecule has 0 radical (unpaired) electrons. The van der Waals surface area contributed by atoms with E-state index in [0.29, 0.717) is 25.0 Å². The molecule has 0 heterocycles. The van der Waals surface area contributed by atoms with Crippen molar-refractivity contribution < 1.29 is 9.53 Å². The van der Waals surface area contributed by atoms with Crippen molar-refractivity contribution in [3.8, 4) is 5.75 Å². The van der Waals surface area contributed by atoms with Crippen LogP contribution in [0.1, 0.15) is 19.3 Å². The molecule has 5 heteroatoms. The summed E-state index contributed by atoms with van der Waals surface area (Å²) in [7, 11) is 0. The molecule has 2 aliphatic carbocycles. The van der Waals surface area contributed by atoms with Gasteiger partial charge in [0.15, 0.2) is 0 Å². The number of nitrogens with two attached hydrogens (primary N) is 1. The van der Waals surface area contributed by atoms with Crippen molar-refractivity contribution in [3.05, 3.63) is 30.3 Å². The third-order valence-corrected chi connectivity index (χ3v) is 4.70.